The number of nitrogens with zero attached hydrogens (tertiary/aromatic N) is 6. The number of aromatic nitrogens is 4. The highest BCUT2D eigenvalue weighted by Crippen LogP contribution is 2.51. The number of fused-ring (bicyclic) bond motifs is 1. The number of carbonyl (C=O) groups is 1. The Kier molecular flexibility index (Phi) is 9.09. The van der Waals surface area contributed by atoms with Gasteiger partial charge < -0.3 is 15.2 Å². The van der Waals surface area contributed by atoms with Crippen molar-refractivity contribution in [3.05, 3.63) is 83.4 Å². The minimum Gasteiger partial charge on any atom is -0.493 e. The van der Waals surface area contributed by atoms with Crippen LogP contribution in [0.3, 0.4) is 0 Å². The number of halogens is 2. The number of hydrogen-bond donors (Lipinski definition) is 1. The molecule has 2 aliphatic rings. The molecule has 1 aliphatic carbocycles. The van der Waals surface area contributed by atoms with Crippen molar-refractivity contribution in [3.8, 4) is 11.5 Å². The number of aryl methyl sites for hydroxylation is 1. The van der Waals surface area contributed by atoms with Gasteiger partial charge in [0, 0.05) is 35.8 Å². The van der Waals surface area contributed by atoms with Crippen LogP contribution < -0.4 is 20.1 Å². The van der Waals surface area contributed by atoms with Crippen molar-refractivity contribution in [2.24, 2.45) is 5.73 Å². The van der Waals surface area contributed by atoms with Gasteiger partial charge >= 0.3 is 6.03 Å². The summed E-state index contributed by atoms with van der Waals surface area (Å²) in [5, 5.41) is 11.3. The molecule has 2 N–H and O–H groups in total. The maximum Gasteiger partial charge on any atom is 0.319 e. The van der Waals surface area contributed by atoms with Crippen molar-refractivity contribution in [2.45, 2.75) is 66.7 Å². The second-order valence-electron chi connectivity index (χ2n) is 12.3. The zero-order valence-corrected chi connectivity index (χ0v) is 27.7. The highest BCUT2D eigenvalue weighted by atomic mass is 32.2. The van der Waals surface area contributed by atoms with Crippen LogP contribution >= 0.6 is 0 Å². The highest BCUT2D eigenvalue weighted by Gasteiger charge is 2.52. The second kappa shape index (κ2) is 13.1. The van der Waals surface area contributed by atoms with Gasteiger partial charge in [-0.2, -0.15) is 0 Å². The lowest BCUT2D eigenvalue weighted by Gasteiger charge is -2.47. The number of tetrazole rings is 1. The van der Waals surface area contributed by atoms with Gasteiger partial charge in [0.15, 0.2) is 23.1 Å². The molecule has 1 aromatic heterocycles. The molecule has 15 heteroatoms. The SMILES string of the molecule is COc1ccc([C@@]23CC[C@@H](N(C(N)=O)c4ccc(F)c(F)c4)C[C@@H]2N(CCn2nnnc2S(=O)(=O)c2ccc(C)cc2)CC3)cc1OC. The summed E-state index contributed by atoms with van der Waals surface area (Å²) >= 11 is 0. The summed E-state index contributed by atoms with van der Waals surface area (Å²) in [6.07, 6.45) is 2.43. The van der Waals surface area contributed by atoms with E-state index in [1.165, 1.54) is 27.8 Å². The molecule has 2 amide bonds. The van der Waals surface area contributed by atoms with E-state index in [2.05, 4.69) is 20.4 Å². The fraction of sp³-hybridized carbons (Fsp3) is 0.394. The fourth-order valence-corrected chi connectivity index (χ4v) is 8.59. The first-order valence-electron chi connectivity index (χ1n) is 15.6. The molecular weight excluding hydrogens is 644 g/mol. The highest BCUT2D eigenvalue weighted by molar-refractivity contribution is 7.91. The summed E-state index contributed by atoms with van der Waals surface area (Å²) in [6, 6.07) is 14.3. The van der Waals surface area contributed by atoms with Crippen molar-refractivity contribution in [3.63, 3.8) is 0 Å². The van der Waals surface area contributed by atoms with Crippen LogP contribution in [0.2, 0.25) is 0 Å². The normalized spacial score (nSPS) is 21.1. The van der Waals surface area contributed by atoms with E-state index in [4.69, 9.17) is 15.2 Å². The monoisotopic (exact) mass is 681 g/mol. The minimum atomic E-state index is -3.98. The van der Waals surface area contributed by atoms with Crippen molar-refractivity contribution in [1.82, 2.24) is 25.1 Å². The summed E-state index contributed by atoms with van der Waals surface area (Å²) in [5.41, 5.74) is 7.62. The molecule has 12 nitrogen and oxygen atoms in total. The average Bonchev–Trinajstić information content (AvgIpc) is 3.71. The third-order valence-electron chi connectivity index (χ3n) is 9.75. The van der Waals surface area contributed by atoms with Crippen LogP contribution in [0, 0.1) is 18.6 Å². The first kappa shape index (κ1) is 33.3. The molecule has 0 unspecified atom stereocenters. The van der Waals surface area contributed by atoms with E-state index in [0.29, 0.717) is 43.9 Å². The van der Waals surface area contributed by atoms with Gasteiger partial charge in [-0.25, -0.2) is 26.7 Å². The van der Waals surface area contributed by atoms with E-state index in [1.54, 1.807) is 26.4 Å². The quantitative estimate of drug-likeness (QED) is 0.260. The Hall–Kier alpha value is -4.63. The summed E-state index contributed by atoms with van der Waals surface area (Å²) in [6.45, 7) is 3.11. The zero-order chi connectivity index (χ0) is 34.2. The molecule has 3 atom stereocenters. The predicted octanol–water partition coefficient (Wildman–Crippen LogP) is 4.26. The van der Waals surface area contributed by atoms with Crippen LogP contribution in [0.5, 0.6) is 11.5 Å². The summed E-state index contributed by atoms with van der Waals surface area (Å²) in [5.74, 6) is -0.914. The third-order valence-corrected chi connectivity index (χ3v) is 11.4. The predicted molar refractivity (Wildman–Crippen MR) is 172 cm³/mol. The molecule has 1 aliphatic heterocycles. The summed E-state index contributed by atoms with van der Waals surface area (Å²) < 4.78 is 67.5. The number of benzene rings is 3. The Bertz CT molecular complexity index is 1920. The first-order valence-corrected chi connectivity index (χ1v) is 17.0. The van der Waals surface area contributed by atoms with Gasteiger partial charge in [-0.1, -0.05) is 28.9 Å². The van der Waals surface area contributed by atoms with Crippen LogP contribution in [0.1, 0.15) is 36.8 Å². The second-order valence-corrected chi connectivity index (χ2v) is 14.1. The molecule has 1 saturated heterocycles. The first-order chi connectivity index (χ1) is 23.0. The zero-order valence-electron chi connectivity index (χ0n) is 26.8. The maximum absolute atomic E-state index is 14.3. The van der Waals surface area contributed by atoms with E-state index in [-0.39, 0.29) is 33.7 Å². The van der Waals surface area contributed by atoms with Gasteiger partial charge in [0.25, 0.3) is 5.16 Å². The molecule has 48 heavy (non-hydrogen) atoms. The van der Waals surface area contributed by atoms with Crippen LogP contribution in [0.4, 0.5) is 19.3 Å². The van der Waals surface area contributed by atoms with Gasteiger partial charge in [0.05, 0.1) is 25.7 Å². The molecule has 3 aromatic carbocycles. The lowest BCUT2D eigenvalue weighted by molar-refractivity contribution is 0.137. The Morgan fingerprint density at radius 3 is 2.44 bits per heavy atom. The molecule has 4 aromatic rings. The summed E-state index contributed by atoms with van der Waals surface area (Å²) in [7, 11) is -0.829. The molecule has 0 bridgehead atoms. The third kappa shape index (κ3) is 5.96. The Morgan fingerprint density at radius 1 is 1.00 bits per heavy atom. The maximum atomic E-state index is 14.3. The average molecular weight is 682 g/mol. The number of carbonyl (C=O) groups excluding carboxylic acids is 1. The van der Waals surface area contributed by atoms with Crippen LogP contribution in [-0.2, 0) is 21.8 Å². The molecule has 1 saturated carbocycles. The molecule has 2 fully saturated rings. The molecule has 0 radical (unpaired) electrons. The van der Waals surface area contributed by atoms with E-state index in [0.717, 1.165) is 29.7 Å². The van der Waals surface area contributed by atoms with Crippen LogP contribution in [0.15, 0.2) is 70.7 Å². The lowest BCUT2D eigenvalue weighted by Crippen LogP contribution is -2.55. The number of nitrogens with two attached hydrogens (primary N) is 1. The summed E-state index contributed by atoms with van der Waals surface area (Å²) in [4.78, 5) is 16.5. The number of anilines is 1. The number of likely N-dealkylation sites (tertiary alicyclic amines) is 1. The van der Waals surface area contributed by atoms with Crippen molar-refractivity contribution in [1.29, 1.82) is 0 Å². The minimum absolute atomic E-state index is 0.0942. The fourth-order valence-electron chi connectivity index (χ4n) is 7.34. The number of primary amides is 1. The van der Waals surface area contributed by atoms with E-state index in [9.17, 15) is 22.0 Å². The number of urea groups is 1. The van der Waals surface area contributed by atoms with Crippen molar-refractivity contribution >= 4 is 21.6 Å². The largest absolute Gasteiger partial charge is 0.493 e. The Labute approximate surface area is 277 Å². The van der Waals surface area contributed by atoms with Crippen molar-refractivity contribution < 1.29 is 31.5 Å². The molecule has 6 rings (SSSR count). The number of rotatable bonds is 10. The van der Waals surface area contributed by atoms with E-state index in [1.807, 2.05) is 25.1 Å². The van der Waals surface area contributed by atoms with Gasteiger partial charge in [0.1, 0.15) is 0 Å². The topological polar surface area (TPSA) is 146 Å². The molecular formula is C33H37F2N7O5S. The van der Waals surface area contributed by atoms with Crippen LogP contribution in [-0.4, -0.2) is 78.9 Å². The molecule has 0 spiro atoms. The number of amides is 2. The smallest absolute Gasteiger partial charge is 0.319 e. The molecule has 2 heterocycles. The number of sulfone groups is 1. The number of hydrogen-bond acceptors (Lipinski definition) is 9. The van der Waals surface area contributed by atoms with Gasteiger partial charge in [-0.05, 0) is 91.5 Å². The van der Waals surface area contributed by atoms with Gasteiger partial charge in [-0.3, -0.25) is 9.80 Å². The van der Waals surface area contributed by atoms with Crippen LogP contribution in [0.25, 0.3) is 0 Å². The number of ether oxygens (including phenoxy) is 2. The molecule has 254 valence electrons. The number of methoxy groups -OCH3 is 2. The lowest BCUT2D eigenvalue weighted by atomic mass is 9.64. The standard InChI is InChI=1S/C33H37F2N7O5S/c1-21-4-8-25(9-5-21)48(44,45)32-37-38-39-41(32)17-16-40-15-14-33(22-6-11-28(46-2)29(18-22)47-3)13-12-24(20-30(33)40)42(31(36)43)23-7-10-26(34)27(35)19-23/h4-11,18-19,24,30H,12-17,20H2,1-3H3,(H2,36,43)/t24-,30+,33+/m1/s1. The Balaban J connectivity index is 1.33. The van der Waals surface area contributed by atoms with E-state index >= 15 is 0 Å². The van der Waals surface area contributed by atoms with Gasteiger partial charge in [-0.15, -0.1) is 0 Å². The van der Waals surface area contributed by atoms with E-state index < -0.39 is 33.5 Å². The van der Waals surface area contributed by atoms with Crippen molar-refractivity contribution in [2.75, 3.05) is 32.2 Å². The Morgan fingerprint density at radius 2 is 1.75 bits per heavy atom. The van der Waals surface area contributed by atoms with Gasteiger partial charge in [0.2, 0.25) is 9.84 Å².